The average molecular weight is 444 g/mol. The summed E-state index contributed by atoms with van der Waals surface area (Å²) in [6.07, 6.45) is 0.442. The predicted octanol–water partition coefficient (Wildman–Crippen LogP) is 4.72. The number of hydrogen-bond acceptors (Lipinski definition) is 7. The van der Waals surface area contributed by atoms with Crippen LogP contribution in [0, 0.1) is 0 Å². The number of nitrogens with one attached hydrogen (secondary N) is 1. The molecule has 0 atom stereocenters. The molecule has 0 bridgehead atoms. The van der Waals surface area contributed by atoms with Crippen molar-refractivity contribution < 1.29 is 24.1 Å². The van der Waals surface area contributed by atoms with Crippen LogP contribution in [0.15, 0.2) is 36.5 Å². The molecule has 0 fully saturated rings. The third-order valence-electron chi connectivity index (χ3n) is 5.20. The predicted molar refractivity (Wildman–Crippen MR) is 117 cm³/mol. The van der Waals surface area contributed by atoms with Crippen LogP contribution in [0.2, 0.25) is 5.02 Å². The molecule has 4 aromatic rings. The van der Waals surface area contributed by atoms with Gasteiger partial charge in [-0.05, 0) is 35.7 Å². The number of halogens is 1. The minimum atomic E-state index is -0.650. The molecule has 0 spiro atoms. The Balaban J connectivity index is 2.11. The zero-order valence-corrected chi connectivity index (χ0v) is 18.2. The van der Waals surface area contributed by atoms with Crippen LogP contribution >= 0.6 is 11.6 Å². The molecule has 0 aliphatic carbocycles. The Hall–Kier alpha value is -2.75. The molecule has 2 aromatic heterocycles. The van der Waals surface area contributed by atoms with E-state index >= 15 is 0 Å². The van der Waals surface area contributed by atoms with Gasteiger partial charge in [0.15, 0.2) is 18.2 Å². The Labute approximate surface area is 183 Å². The molecular weight excluding hydrogens is 422 g/mol. The summed E-state index contributed by atoms with van der Waals surface area (Å²) in [5.41, 5.74) is 3.52. The third-order valence-corrected chi connectivity index (χ3v) is 5.50. The smallest absolute Gasteiger partial charge is 0.183 e. The molecule has 0 amide bonds. The second-order valence-corrected chi connectivity index (χ2v) is 7.30. The number of phenolic OH excluding ortho intramolecular Hbond substituents is 1. The first kappa shape index (κ1) is 21.5. The van der Waals surface area contributed by atoms with Crippen molar-refractivity contribution in [1.29, 1.82) is 0 Å². The van der Waals surface area contributed by atoms with Crippen LogP contribution in [0.5, 0.6) is 5.75 Å². The number of H-pyrrole nitrogens is 1. The van der Waals surface area contributed by atoms with E-state index in [-0.39, 0.29) is 10.8 Å². The molecule has 2 aromatic carbocycles. The Morgan fingerprint density at radius 1 is 0.871 bits per heavy atom. The molecule has 8 nitrogen and oxygen atoms in total. The second-order valence-electron chi connectivity index (χ2n) is 6.89. The molecule has 162 valence electrons. The maximum absolute atomic E-state index is 9.85. The van der Waals surface area contributed by atoms with Gasteiger partial charge in [-0.15, -0.1) is 0 Å². The molecule has 0 saturated carbocycles. The fraction of sp³-hybridized carbons (Fsp3) is 0.273. The van der Waals surface area contributed by atoms with Crippen molar-refractivity contribution in [2.75, 3.05) is 28.4 Å². The lowest BCUT2D eigenvalue weighted by atomic mass is 9.95. The van der Waals surface area contributed by atoms with Gasteiger partial charge in [-0.1, -0.05) is 11.6 Å². The number of benzene rings is 2. The number of pyridine rings is 1. The van der Waals surface area contributed by atoms with E-state index in [0.29, 0.717) is 11.3 Å². The molecule has 2 heterocycles. The monoisotopic (exact) mass is 443 g/mol. The fourth-order valence-electron chi connectivity index (χ4n) is 3.77. The maximum Gasteiger partial charge on any atom is 0.183 e. The summed E-state index contributed by atoms with van der Waals surface area (Å²) in [4.78, 5) is 4.77. The minimum Gasteiger partial charge on any atom is -0.506 e. The first-order chi connectivity index (χ1) is 15.0. The highest BCUT2D eigenvalue weighted by atomic mass is 35.5. The van der Waals surface area contributed by atoms with Gasteiger partial charge in [-0.25, -0.2) is 4.98 Å². The van der Waals surface area contributed by atoms with E-state index < -0.39 is 12.6 Å². The van der Waals surface area contributed by atoms with Crippen LogP contribution in [0.4, 0.5) is 0 Å². The fourth-order valence-corrected chi connectivity index (χ4v) is 3.95. The van der Waals surface area contributed by atoms with E-state index in [1.165, 1.54) is 6.07 Å². The van der Waals surface area contributed by atoms with Crippen LogP contribution in [0.1, 0.15) is 23.7 Å². The van der Waals surface area contributed by atoms with Crippen molar-refractivity contribution in [3.05, 3.63) is 52.7 Å². The summed E-state index contributed by atoms with van der Waals surface area (Å²) in [5, 5.41) is 19.7. The normalized spacial score (nSPS) is 12.0. The number of aromatic amines is 1. The summed E-state index contributed by atoms with van der Waals surface area (Å²) in [7, 11) is 6.27. The molecule has 31 heavy (non-hydrogen) atoms. The summed E-state index contributed by atoms with van der Waals surface area (Å²) >= 11 is 6.17. The van der Waals surface area contributed by atoms with Crippen LogP contribution in [-0.4, -0.2) is 48.7 Å². The van der Waals surface area contributed by atoms with Gasteiger partial charge in [0.2, 0.25) is 0 Å². The zero-order valence-electron chi connectivity index (χ0n) is 17.5. The molecule has 0 saturated heterocycles. The second kappa shape index (κ2) is 8.78. The van der Waals surface area contributed by atoms with Crippen LogP contribution in [0.3, 0.4) is 0 Å². The van der Waals surface area contributed by atoms with E-state index in [9.17, 15) is 5.11 Å². The van der Waals surface area contributed by atoms with Gasteiger partial charge in [0.1, 0.15) is 5.75 Å². The van der Waals surface area contributed by atoms with Gasteiger partial charge in [0.25, 0.3) is 0 Å². The van der Waals surface area contributed by atoms with Gasteiger partial charge in [0.05, 0.1) is 16.9 Å². The van der Waals surface area contributed by atoms with Gasteiger partial charge in [-0.3, -0.25) is 5.10 Å². The van der Waals surface area contributed by atoms with E-state index in [0.717, 1.165) is 32.8 Å². The lowest BCUT2D eigenvalue weighted by Gasteiger charge is -2.23. The van der Waals surface area contributed by atoms with Crippen molar-refractivity contribution in [1.82, 2.24) is 15.2 Å². The Morgan fingerprint density at radius 2 is 1.48 bits per heavy atom. The molecule has 0 aliphatic heterocycles. The summed E-state index contributed by atoms with van der Waals surface area (Å²) < 4.78 is 22.1. The SMILES string of the molecule is COC(OC)c1cc2c(-c3ccc(O)c(Cl)c3)nc3[nH]ncc3c2cc1C(OC)OC. The highest BCUT2D eigenvalue weighted by Gasteiger charge is 2.24. The Bertz CT molecular complexity index is 1240. The van der Waals surface area contributed by atoms with Crippen molar-refractivity contribution in [2.45, 2.75) is 12.6 Å². The molecule has 0 aliphatic rings. The van der Waals surface area contributed by atoms with E-state index in [4.69, 9.17) is 35.5 Å². The first-order valence-corrected chi connectivity index (χ1v) is 9.80. The first-order valence-electron chi connectivity index (χ1n) is 9.43. The number of phenols is 1. The number of rotatable bonds is 7. The molecule has 9 heteroatoms. The zero-order chi connectivity index (χ0) is 22.1. The molecule has 0 unspecified atom stereocenters. The highest BCUT2D eigenvalue weighted by Crippen LogP contribution is 2.39. The number of aromatic nitrogens is 3. The minimum absolute atomic E-state index is 0.00202. The number of aromatic hydroxyl groups is 1. The lowest BCUT2D eigenvalue weighted by Crippen LogP contribution is -2.13. The Morgan fingerprint density at radius 3 is 2.06 bits per heavy atom. The Kier molecular flexibility index (Phi) is 6.08. The highest BCUT2D eigenvalue weighted by molar-refractivity contribution is 6.32. The van der Waals surface area contributed by atoms with E-state index in [1.807, 2.05) is 12.1 Å². The van der Waals surface area contributed by atoms with Gasteiger partial charge < -0.3 is 24.1 Å². The van der Waals surface area contributed by atoms with Crippen LogP contribution < -0.4 is 0 Å². The molecule has 2 N–H and O–H groups in total. The van der Waals surface area contributed by atoms with Crippen molar-refractivity contribution in [3.63, 3.8) is 0 Å². The topological polar surface area (TPSA) is 98.7 Å². The maximum atomic E-state index is 9.85. The third kappa shape index (κ3) is 3.73. The number of ether oxygens (including phenoxy) is 4. The lowest BCUT2D eigenvalue weighted by molar-refractivity contribution is -0.123. The van der Waals surface area contributed by atoms with Gasteiger partial charge in [0, 0.05) is 55.9 Å². The number of nitrogens with zero attached hydrogens (tertiary/aromatic N) is 2. The van der Waals surface area contributed by atoms with Gasteiger partial charge in [-0.2, -0.15) is 5.10 Å². The molecular formula is C22H22ClN3O5. The molecule has 0 radical (unpaired) electrons. The quantitative estimate of drug-likeness (QED) is 0.399. The number of methoxy groups -OCH3 is 4. The van der Waals surface area contributed by atoms with Crippen molar-refractivity contribution in [3.8, 4) is 17.0 Å². The van der Waals surface area contributed by atoms with Crippen molar-refractivity contribution >= 4 is 33.4 Å². The van der Waals surface area contributed by atoms with E-state index in [2.05, 4.69) is 10.2 Å². The van der Waals surface area contributed by atoms with Crippen molar-refractivity contribution in [2.24, 2.45) is 0 Å². The number of hydrogen-bond donors (Lipinski definition) is 2. The standard InChI is InChI=1S/C22H22ClN3O5/c1-28-21(29-2)14-8-12-13(9-15(14)22(30-3)31-4)19(25-20-16(12)10-24-26-20)11-5-6-18(27)17(23)7-11/h5-10,21-22,27H,1-4H3,(H,24,25,26). The summed E-state index contributed by atoms with van der Waals surface area (Å²) in [6.45, 7) is 0. The summed E-state index contributed by atoms with van der Waals surface area (Å²) in [5.74, 6) is 0.00202. The molecule has 4 rings (SSSR count). The average Bonchev–Trinajstić information content (AvgIpc) is 3.26. The summed E-state index contributed by atoms with van der Waals surface area (Å²) in [6, 6.07) is 8.89. The van der Waals surface area contributed by atoms with Crippen LogP contribution in [0.25, 0.3) is 33.1 Å². The van der Waals surface area contributed by atoms with E-state index in [1.54, 1.807) is 46.8 Å². The van der Waals surface area contributed by atoms with Gasteiger partial charge >= 0.3 is 0 Å². The largest absolute Gasteiger partial charge is 0.506 e. The number of fused-ring (bicyclic) bond motifs is 3. The van der Waals surface area contributed by atoms with Crippen LogP contribution in [-0.2, 0) is 18.9 Å².